The fourth-order valence-corrected chi connectivity index (χ4v) is 2.46. The molecule has 0 bridgehead atoms. The first kappa shape index (κ1) is 20.6. The Morgan fingerprint density at radius 3 is 2.41 bits per heavy atom. The van der Waals surface area contributed by atoms with Crippen LogP contribution in [0.15, 0.2) is 29.1 Å². The van der Waals surface area contributed by atoms with E-state index in [1.54, 1.807) is 24.3 Å². The van der Waals surface area contributed by atoms with Crippen LogP contribution in [0.2, 0.25) is 0 Å². The molecule has 0 aliphatic heterocycles. The van der Waals surface area contributed by atoms with Crippen molar-refractivity contribution in [3.8, 4) is 0 Å². The van der Waals surface area contributed by atoms with E-state index in [2.05, 4.69) is 16.0 Å². The van der Waals surface area contributed by atoms with Gasteiger partial charge in [0.2, 0.25) is 5.91 Å². The van der Waals surface area contributed by atoms with Gasteiger partial charge in [-0.25, -0.2) is 4.68 Å². The van der Waals surface area contributed by atoms with Crippen LogP contribution in [0.1, 0.15) is 50.6 Å². The minimum absolute atomic E-state index is 0.0789. The second-order valence-electron chi connectivity index (χ2n) is 6.96. The standard InChI is InChI=1S/C19H26N4O4/c1-12(2)11-27-10-9-16(24)20-21-18(25)17-14-7-5-6-8-15(14)19(26)23(22-17)13(3)4/h5-8,12-13H,9-11H2,1-4H3,(H,20,24)(H,21,25). The predicted octanol–water partition coefficient (Wildman–Crippen LogP) is 1.80. The van der Waals surface area contributed by atoms with Crippen LogP contribution in [-0.4, -0.2) is 34.8 Å². The largest absolute Gasteiger partial charge is 0.381 e. The summed E-state index contributed by atoms with van der Waals surface area (Å²) in [4.78, 5) is 36.9. The molecule has 1 aromatic carbocycles. The van der Waals surface area contributed by atoms with Gasteiger partial charge in [0.05, 0.1) is 24.5 Å². The lowest BCUT2D eigenvalue weighted by Crippen LogP contribution is -2.43. The summed E-state index contributed by atoms with van der Waals surface area (Å²) < 4.78 is 6.61. The van der Waals surface area contributed by atoms with Gasteiger partial charge in [-0.05, 0) is 25.8 Å². The molecule has 0 spiro atoms. The van der Waals surface area contributed by atoms with Crippen molar-refractivity contribution >= 4 is 22.6 Å². The number of amides is 2. The number of nitrogens with zero attached hydrogens (tertiary/aromatic N) is 2. The predicted molar refractivity (Wildman–Crippen MR) is 102 cm³/mol. The topological polar surface area (TPSA) is 102 Å². The number of carbonyl (C=O) groups is 2. The fourth-order valence-electron chi connectivity index (χ4n) is 2.46. The zero-order chi connectivity index (χ0) is 20.0. The van der Waals surface area contributed by atoms with Crippen molar-refractivity contribution in [3.05, 3.63) is 40.3 Å². The molecule has 0 unspecified atom stereocenters. The third kappa shape index (κ3) is 5.37. The van der Waals surface area contributed by atoms with Gasteiger partial charge in [0.1, 0.15) is 0 Å². The van der Waals surface area contributed by atoms with Crippen LogP contribution in [0.25, 0.3) is 10.8 Å². The Hall–Kier alpha value is -2.74. The van der Waals surface area contributed by atoms with Crippen molar-refractivity contribution < 1.29 is 14.3 Å². The SMILES string of the molecule is CC(C)COCCC(=O)NNC(=O)c1nn(C(C)C)c(=O)c2ccccc12. The number of hydrogen-bond donors (Lipinski definition) is 2. The zero-order valence-corrected chi connectivity index (χ0v) is 16.1. The Morgan fingerprint density at radius 2 is 1.78 bits per heavy atom. The first-order valence-electron chi connectivity index (χ1n) is 8.99. The minimum atomic E-state index is -0.586. The number of hydrogen-bond acceptors (Lipinski definition) is 5. The summed E-state index contributed by atoms with van der Waals surface area (Å²) >= 11 is 0. The second kappa shape index (κ2) is 9.27. The van der Waals surface area contributed by atoms with Gasteiger partial charge in [-0.1, -0.05) is 32.0 Å². The molecule has 2 aromatic rings. The molecule has 2 N–H and O–H groups in total. The molecule has 8 nitrogen and oxygen atoms in total. The van der Waals surface area contributed by atoms with E-state index in [9.17, 15) is 14.4 Å². The smallest absolute Gasteiger partial charge is 0.290 e. The van der Waals surface area contributed by atoms with Crippen LogP contribution >= 0.6 is 0 Å². The summed E-state index contributed by atoms with van der Waals surface area (Å²) in [6.45, 7) is 8.52. The van der Waals surface area contributed by atoms with Crippen LogP contribution in [-0.2, 0) is 9.53 Å². The van der Waals surface area contributed by atoms with Crippen LogP contribution in [0, 0.1) is 5.92 Å². The van der Waals surface area contributed by atoms with Crippen molar-refractivity contribution in [2.45, 2.75) is 40.2 Å². The summed E-state index contributed by atoms with van der Waals surface area (Å²) in [5, 5.41) is 5.03. The zero-order valence-electron chi connectivity index (χ0n) is 16.1. The molecule has 0 aliphatic carbocycles. The molecule has 1 aromatic heterocycles. The van der Waals surface area contributed by atoms with E-state index in [1.807, 2.05) is 27.7 Å². The normalized spacial score (nSPS) is 11.2. The van der Waals surface area contributed by atoms with E-state index in [1.165, 1.54) is 4.68 Å². The maximum Gasteiger partial charge on any atom is 0.290 e. The number of aromatic nitrogens is 2. The van der Waals surface area contributed by atoms with Crippen molar-refractivity contribution in [3.63, 3.8) is 0 Å². The van der Waals surface area contributed by atoms with Crippen molar-refractivity contribution in [1.82, 2.24) is 20.6 Å². The molecule has 2 amide bonds. The number of fused-ring (bicyclic) bond motifs is 1. The quantitative estimate of drug-likeness (QED) is 0.568. The molecule has 27 heavy (non-hydrogen) atoms. The van der Waals surface area contributed by atoms with Crippen molar-refractivity contribution in [2.75, 3.05) is 13.2 Å². The van der Waals surface area contributed by atoms with Crippen molar-refractivity contribution in [2.24, 2.45) is 5.92 Å². The number of ether oxygens (including phenoxy) is 1. The average Bonchev–Trinajstić information content (AvgIpc) is 2.63. The molecule has 0 saturated heterocycles. The molecular weight excluding hydrogens is 348 g/mol. The van der Waals surface area contributed by atoms with Gasteiger partial charge in [0, 0.05) is 12.0 Å². The summed E-state index contributed by atoms with van der Waals surface area (Å²) in [5.41, 5.74) is 4.52. The molecule has 1 heterocycles. The highest BCUT2D eigenvalue weighted by atomic mass is 16.5. The van der Waals surface area contributed by atoms with E-state index in [-0.39, 0.29) is 36.2 Å². The van der Waals surface area contributed by atoms with Gasteiger partial charge < -0.3 is 4.74 Å². The summed E-state index contributed by atoms with van der Waals surface area (Å²) in [6.07, 6.45) is 0.132. The lowest BCUT2D eigenvalue weighted by atomic mass is 10.1. The molecule has 0 fully saturated rings. The van der Waals surface area contributed by atoms with E-state index in [4.69, 9.17) is 4.74 Å². The summed E-state index contributed by atoms with van der Waals surface area (Å²) in [7, 11) is 0. The van der Waals surface area contributed by atoms with Gasteiger partial charge in [-0.2, -0.15) is 5.10 Å². The highest BCUT2D eigenvalue weighted by molar-refractivity contribution is 6.05. The number of nitrogens with one attached hydrogen (secondary N) is 2. The number of rotatable bonds is 7. The van der Waals surface area contributed by atoms with E-state index in [0.717, 1.165) is 0 Å². The lowest BCUT2D eigenvalue weighted by molar-refractivity contribution is -0.123. The highest BCUT2D eigenvalue weighted by Gasteiger charge is 2.18. The molecule has 0 radical (unpaired) electrons. The molecule has 146 valence electrons. The molecular formula is C19H26N4O4. The Balaban J connectivity index is 2.10. The van der Waals surface area contributed by atoms with E-state index >= 15 is 0 Å². The minimum Gasteiger partial charge on any atom is -0.381 e. The molecule has 0 aliphatic rings. The second-order valence-corrected chi connectivity index (χ2v) is 6.96. The maximum absolute atomic E-state index is 12.5. The third-order valence-electron chi connectivity index (χ3n) is 3.77. The highest BCUT2D eigenvalue weighted by Crippen LogP contribution is 2.14. The van der Waals surface area contributed by atoms with Gasteiger partial charge in [0.25, 0.3) is 11.5 Å². The lowest BCUT2D eigenvalue weighted by Gasteiger charge is -2.14. The van der Waals surface area contributed by atoms with Gasteiger partial charge >= 0.3 is 0 Å². The summed E-state index contributed by atoms with van der Waals surface area (Å²) in [6, 6.07) is 6.56. The number of benzene rings is 1. The van der Waals surface area contributed by atoms with Crippen LogP contribution in [0.5, 0.6) is 0 Å². The third-order valence-corrected chi connectivity index (χ3v) is 3.77. The van der Waals surface area contributed by atoms with Gasteiger partial charge in [-0.15, -0.1) is 0 Å². The Bertz CT molecular complexity index is 874. The molecule has 0 saturated carbocycles. The van der Waals surface area contributed by atoms with E-state index < -0.39 is 5.91 Å². The Kier molecular flexibility index (Phi) is 7.06. The van der Waals surface area contributed by atoms with Gasteiger partial charge in [0.15, 0.2) is 5.69 Å². The average molecular weight is 374 g/mol. The molecule has 2 rings (SSSR count). The Labute approximate surface area is 157 Å². The van der Waals surface area contributed by atoms with E-state index in [0.29, 0.717) is 23.3 Å². The van der Waals surface area contributed by atoms with Crippen molar-refractivity contribution in [1.29, 1.82) is 0 Å². The molecule has 8 heteroatoms. The fraction of sp³-hybridized carbons (Fsp3) is 0.474. The number of hydrazine groups is 1. The molecule has 0 atom stereocenters. The first-order chi connectivity index (χ1) is 12.8. The monoisotopic (exact) mass is 374 g/mol. The number of carbonyl (C=O) groups excluding carboxylic acids is 2. The summed E-state index contributed by atoms with van der Waals surface area (Å²) in [5.74, 6) is -0.561. The first-order valence-corrected chi connectivity index (χ1v) is 8.99. The van der Waals surface area contributed by atoms with Crippen LogP contribution in [0.4, 0.5) is 0 Å². The van der Waals surface area contributed by atoms with Gasteiger partial charge in [-0.3, -0.25) is 25.2 Å². The van der Waals surface area contributed by atoms with Crippen LogP contribution < -0.4 is 16.4 Å². The maximum atomic E-state index is 12.5. The van der Waals surface area contributed by atoms with Crippen LogP contribution in [0.3, 0.4) is 0 Å². The Morgan fingerprint density at radius 1 is 1.11 bits per heavy atom.